The molecule has 2 aromatic rings. The van der Waals surface area contributed by atoms with E-state index in [4.69, 9.17) is 4.74 Å². The van der Waals surface area contributed by atoms with Gasteiger partial charge in [0.1, 0.15) is 11.4 Å². The zero-order chi connectivity index (χ0) is 19.8. The lowest BCUT2D eigenvalue weighted by atomic mass is 9.97. The summed E-state index contributed by atoms with van der Waals surface area (Å²) in [5.41, 5.74) is 0.677. The Labute approximate surface area is 158 Å². The summed E-state index contributed by atoms with van der Waals surface area (Å²) in [6, 6.07) is 12.5. The van der Waals surface area contributed by atoms with E-state index >= 15 is 0 Å². The molecule has 0 saturated carbocycles. The number of non-ortho nitro benzene ring substituents is 1. The van der Waals surface area contributed by atoms with Crippen LogP contribution in [0.1, 0.15) is 37.8 Å². The summed E-state index contributed by atoms with van der Waals surface area (Å²) >= 11 is 0. The van der Waals surface area contributed by atoms with Crippen molar-refractivity contribution in [3.8, 4) is 0 Å². The molecule has 0 fully saturated rings. The number of nitro benzene ring substituents is 1. The van der Waals surface area contributed by atoms with Crippen molar-refractivity contribution in [2.24, 2.45) is 0 Å². The summed E-state index contributed by atoms with van der Waals surface area (Å²) < 4.78 is 32.5. The van der Waals surface area contributed by atoms with E-state index in [0.29, 0.717) is 18.4 Å². The van der Waals surface area contributed by atoms with Crippen molar-refractivity contribution in [3.05, 3.63) is 74.7 Å². The number of ether oxygens (including phenoxy) is 1. The molecule has 1 aliphatic heterocycles. The topological polar surface area (TPSA) is 86.5 Å². The molecule has 2 aromatic carbocycles. The number of nitrogens with zero attached hydrogens (tertiary/aromatic N) is 1. The van der Waals surface area contributed by atoms with E-state index in [2.05, 4.69) is 0 Å². The van der Waals surface area contributed by atoms with Crippen molar-refractivity contribution in [2.45, 2.75) is 44.1 Å². The van der Waals surface area contributed by atoms with Gasteiger partial charge in [-0.25, -0.2) is 8.42 Å². The van der Waals surface area contributed by atoms with Crippen LogP contribution < -0.4 is 0 Å². The second kappa shape index (κ2) is 6.81. The van der Waals surface area contributed by atoms with E-state index in [1.54, 1.807) is 30.3 Å². The van der Waals surface area contributed by atoms with Crippen molar-refractivity contribution in [1.29, 1.82) is 0 Å². The summed E-state index contributed by atoms with van der Waals surface area (Å²) in [7, 11) is -3.77. The van der Waals surface area contributed by atoms with Crippen molar-refractivity contribution in [3.63, 3.8) is 0 Å². The molecule has 1 aliphatic rings. The Morgan fingerprint density at radius 2 is 1.78 bits per heavy atom. The molecule has 0 aromatic heterocycles. The largest absolute Gasteiger partial charge is 0.486 e. The van der Waals surface area contributed by atoms with Crippen LogP contribution in [0.2, 0.25) is 0 Å². The minimum Gasteiger partial charge on any atom is -0.486 e. The van der Waals surface area contributed by atoms with E-state index in [9.17, 15) is 18.5 Å². The molecule has 7 heteroatoms. The molecule has 0 bridgehead atoms. The fourth-order valence-electron chi connectivity index (χ4n) is 3.01. The third-order valence-corrected chi connectivity index (χ3v) is 6.49. The number of benzene rings is 2. The predicted molar refractivity (Wildman–Crippen MR) is 103 cm³/mol. The van der Waals surface area contributed by atoms with E-state index in [1.807, 2.05) is 20.8 Å². The van der Waals surface area contributed by atoms with E-state index in [0.717, 1.165) is 5.56 Å². The van der Waals surface area contributed by atoms with Crippen LogP contribution in [-0.4, -0.2) is 18.9 Å². The highest BCUT2D eigenvalue weighted by Gasteiger charge is 2.36. The maximum atomic E-state index is 13.2. The second-order valence-electron chi connectivity index (χ2n) is 7.24. The maximum absolute atomic E-state index is 13.2. The average Bonchev–Trinajstić information content (AvgIpc) is 2.61. The lowest BCUT2D eigenvalue weighted by Crippen LogP contribution is -2.29. The number of allylic oxidation sites excluding steroid dienone is 1. The standard InChI is InChI=1S/C20H21NO5S/c1-14-7-9-17(10-8-14)27(24,25)18-11-12-20(2,3)26-19(18)15-5-4-6-16(13-15)21(22)23/h4-10,13H,11-12H2,1-3H3. The molecular formula is C20H21NO5S. The Balaban J connectivity index is 2.20. The highest BCUT2D eigenvalue weighted by atomic mass is 32.2. The molecule has 3 rings (SSSR count). The van der Waals surface area contributed by atoms with Gasteiger partial charge in [-0.05, 0) is 45.7 Å². The minimum absolute atomic E-state index is 0.112. The van der Waals surface area contributed by atoms with Crippen molar-refractivity contribution >= 4 is 21.3 Å². The van der Waals surface area contributed by atoms with Gasteiger partial charge < -0.3 is 4.74 Å². The fraction of sp³-hybridized carbons (Fsp3) is 0.300. The Bertz CT molecular complexity index is 1020. The molecular weight excluding hydrogens is 366 g/mol. The van der Waals surface area contributed by atoms with Crippen molar-refractivity contribution in [2.75, 3.05) is 0 Å². The smallest absolute Gasteiger partial charge is 0.270 e. The van der Waals surface area contributed by atoms with E-state index in [1.165, 1.54) is 18.2 Å². The molecule has 0 amide bonds. The number of rotatable bonds is 4. The molecule has 0 unspecified atom stereocenters. The summed E-state index contributed by atoms with van der Waals surface area (Å²) in [5.74, 6) is 0.190. The molecule has 6 nitrogen and oxygen atoms in total. The lowest BCUT2D eigenvalue weighted by molar-refractivity contribution is -0.384. The molecule has 142 valence electrons. The average molecular weight is 387 g/mol. The second-order valence-corrected chi connectivity index (χ2v) is 9.21. The maximum Gasteiger partial charge on any atom is 0.270 e. The summed E-state index contributed by atoms with van der Waals surface area (Å²) in [6.07, 6.45) is 0.840. The predicted octanol–water partition coefficient (Wildman–Crippen LogP) is 4.63. The molecule has 0 saturated heterocycles. The first-order valence-corrected chi connectivity index (χ1v) is 10.1. The quantitative estimate of drug-likeness (QED) is 0.564. The van der Waals surface area contributed by atoms with Crippen LogP contribution in [0.3, 0.4) is 0 Å². The molecule has 1 heterocycles. The Hall–Kier alpha value is -2.67. The van der Waals surface area contributed by atoms with Crippen LogP contribution >= 0.6 is 0 Å². The van der Waals surface area contributed by atoms with Gasteiger partial charge >= 0.3 is 0 Å². The molecule has 0 atom stereocenters. The van der Waals surface area contributed by atoms with Crippen LogP contribution in [0.15, 0.2) is 58.3 Å². The number of hydrogen-bond acceptors (Lipinski definition) is 5. The Morgan fingerprint density at radius 3 is 2.41 bits per heavy atom. The van der Waals surface area contributed by atoms with Crippen LogP contribution in [0.4, 0.5) is 5.69 Å². The van der Waals surface area contributed by atoms with Gasteiger partial charge in [-0.2, -0.15) is 0 Å². The zero-order valence-electron chi connectivity index (χ0n) is 15.4. The fourth-order valence-corrected chi connectivity index (χ4v) is 4.56. The van der Waals surface area contributed by atoms with Crippen LogP contribution in [0.5, 0.6) is 0 Å². The molecule has 27 heavy (non-hydrogen) atoms. The number of aryl methyl sites for hydroxylation is 1. The van der Waals surface area contributed by atoms with Gasteiger partial charge in [0.05, 0.1) is 14.7 Å². The van der Waals surface area contributed by atoms with Crippen molar-refractivity contribution < 1.29 is 18.1 Å². The van der Waals surface area contributed by atoms with Crippen LogP contribution in [0.25, 0.3) is 5.76 Å². The molecule has 0 N–H and O–H groups in total. The third kappa shape index (κ3) is 3.88. The number of hydrogen-bond donors (Lipinski definition) is 0. The van der Waals surface area contributed by atoms with Gasteiger partial charge in [-0.3, -0.25) is 10.1 Å². The minimum atomic E-state index is -3.77. The van der Waals surface area contributed by atoms with Crippen LogP contribution in [0, 0.1) is 17.0 Å². The highest BCUT2D eigenvalue weighted by molar-refractivity contribution is 7.95. The summed E-state index contributed by atoms with van der Waals surface area (Å²) in [6.45, 7) is 5.63. The van der Waals surface area contributed by atoms with Gasteiger partial charge in [0, 0.05) is 17.7 Å². The first-order valence-electron chi connectivity index (χ1n) is 8.59. The van der Waals surface area contributed by atoms with Gasteiger partial charge in [-0.15, -0.1) is 0 Å². The van der Waals surface area contributed by atoms with Gasteiger partial charge in [-0.1, -0.05) is 29.8 Å². The lowest BCUT2D eigenvalue weighted by Gasteiger charge is -2.34. The first kappa shape index (κ1) is 19.1. The van der Waals surface area contributed by atoms with E-state index in [-0.39, 0.29) is 21.2 Å². The van der Waals surface area contributed by atoms with Crippen molar-refractivity contribution in [1.82, 2.24) is 0 Å². The summed E-state index contributed by atoms with van der Waals surface area (Å²) in [5, 5.41) is 11.1. The SMILES string of the molecule is Cc1ccc(S(=O)(=O)C2=C(c3cccc([N+](=O)[O-])c3)OC(C)(C)CC2)cc1. The first-order chi connectivity index (χ1) is 12.6. The highest BCUT2D eigenvalue weighted by Crippen LogP contribution is 2.41. The number of sulfone groups is 1. The van der Waals surface area contributed by atoms with Gasteiger partial charge in [0.2, 0.25) is 9.84 Å². The Kier molecular flexibility index (Phi) is 4.82. The molecule has 0 radical (unpaired) electrons. The van der Waals surface area contributed by atoms with Gasteiger partial charge in [0.25, 0.3) is 5.69 Å². The van der Waals surface area contributed by atoms with Gasteiger partial charge in [0.15, 0.2) is 0 Å². The Morgan fingerprint density at radius 1 is 1.11 bits per heavy atom. The molecule has 0 aliphatic carbocycles. The summed E-state index contributed by atoms with van der Waals surface area (Å²) in [4.78, 5) is 11.0. The number of nitro groups is 1. The van der Waals surface area contributed by atoms with Crippen LogP contribution in [-0.2, 0) is 14.6 Å². The monoisotopic (exact) mass is 387 g/mol. The third-order valence-electron chi connectivity index (χ3n) is 4.56. The normalized spacial score (nSPS) is 16.7. The van der Waals surface area contributed by atoms with E-state index < -0.39 is 20.4 Å². The zero-order valence-corrected chi connectivity index (χ0v) is 16.2. The molecule has 0 spiro atoms.